The first kappa shape index (κ1) is 22.3. The van der Waals surface area contributed by atoms with Crippen LogP contribution < -0.4 is 9.46 Å². The molecule has 0 saturated heterocycles. The molecule has 2 aromatic carbocycles. The van der Waals surface area contributed by atoms with E-state index in [9.17, 15) is 13.2 Å². The molecule has 2 rings (SSSR count). The Morgan fingerprint density at radius 2 is 1.82 bits per heavy atom. The van der Waals surface area contributed by atoms with E-state index in [1.807, 2.05) is 13.8 Å². The van der Waals surface area contributed by atoms with Crippen molar-refractivity contribution in [3.05, 3.63) is 58.1 Å². The summed E-state index contributed by atoms with van der Waals surface area (Å²) in [7, 11) is -3.65. The van der Waals surface area contributed by atoms with Crippen molar-refractivity contribution in [1.82, 2.24) is 4.90 Å². The normalized spacial score (nSPS) is 11.1. The topological polar surface area (TPSA) is 75.7 Å². The second-order valence-corrected chi connectivity index (χ2v) is 8.56. The summed E-state index contributed by atoms with van der Waals surface area (Å²) in [6.07, 6.45) is 0. The third-order valence-corrected chi connectivity index (χ3v) is 5.71. The summed E-state index contributed by atoms with van der Waals surface area (Å²) in [6, 6.07) is 11.1. The molecule has 152 valence electrons. The number of amides is 1. The van der Waals surface area contributed by atoms with Crippen LogP contribution in [0.1, 0.15) is 19.4 Å². The monoisotopic (exact) mass is 444 g/mol. The molecule has 9 heteroatoms. The Labute approximate surface area is 175 Å². The average Bonchev–Trinajstić information content (AvgIpc) is 2.61. The number of carbonyl (C=O) groups is 1. The highest BCUT2D eigenvalue weighted by atomic mass is 35.5. The lowest BCUT2D eigenvalue weighted by atomic mass is 10.2. The number of ether oxygens (including phenoxy) is 1. The highest BCUT2D eigenvalue weighted by molar-refractivity contribution is 7.91. The fraction of sp³-hybridized carbons (Fsp3) is 0.316. The molecule has 0 aliphatic rings. The molecule has 0 aliphatic carbocycles. The summed E-state index contributed by atoms with van der Waals surface area (Å²) in [5.74, 6) is -0.0609. The van der Waals surface area contributed by atoms with Crippen molar-refractivity contribution in [1.29, 1.82) is 0 Å². The van der Waals surface area contributed by atoms with Gasteiger partial charge in [-0.25, -0.2) is 8.42 Å². The molecule has 0 bridgehead atoms. The molecule has 1 N–H and O–H groups in total. The van der Waals surface area contributed by atoms with Crippen LogP contribution in [0.3, 0.4) is 0 Å². The minimum atomic E-state index is -3.65. The Morgan fingerprint density at radius 1 is 1.11 bits per heavy atom. The van der Waals surface area contributed by atoms with Crippen molar-refractivity contribution in [2.45, 2.75) is 19.6 Å². The maximum atomic E-state index is 12.4. The van der Waals surface area contributed by atoms with Gasteiger partial charge in [-0.2, -0.15) is 0 Å². The standard InChI is InChI=1S/C19H22Cl2N2O4S/c1-3-23(4-2)19(24)12-27-18-9-8-16(11-17(18)21)22-28(25,26)13-14-6-5-7-15(20)10-14/h5-11,22H,3-4,12-13H2,1-2H3. The second-order valence-electron chi connectivity index (χ2n) is 5.99. The number of halogens is 2. The van der Waals surface area contributed by atoms with Crippen LogP contribution >= 0.6 is 23.2 Å². The molecular weight excluding hydrogens is 423 g/mol. The van der Waals surface area contributed by atoms with E-state index in [-0.39, 0.29) is 23.3 Å². The number of anilines is 1. The van der Waals surface area contributed by atoms with Gasteiger partial charge < -0.3 is 9.64 Å². The van der Waals surface area contributed by atoms with E-state index in [1.54, 1.807) is 29.2 Å². The fourth-order valence-corrected chi connectivity index (χ4v) is 4.17. The van der Waals surface area contributed by atoms with Gasteiger partial charge in [-0.3, -0.25) is 9.52 Å². The minimum Gasteiger partial charge on any atom is -0.482 e. The smallest absolute Gasteiger partial charge is 0.260 e. The van der Waals surface area contributed by atoms with Crippen LogP contribution in [0.15, 0.2) is 42.5 Å². The lowest BCUT2D eigenvalue weighted by Gasteiger charge is -2.19. The fourth-order valence-electron chi connectivity index (χ4n) is 2.55. The largest absolute Gasteiger partial charge is 0.482 e. The van der Waals surface area contributed by atoms with Crippen LogP contribution in [0.2, 0.25) is 10.0 Å². The number of likely N-dealkylation sites (N-methyl/N-ethyl adjacent to an activating group) is 1. The molecule has 0 unspecified atom stereocenters. The van der Waals surface area contributed by atoms with Crippen molar-refractivity contribution in [2.75, 3.05) is 24.4 Å². The predicted molar refractivity (Wildman–Crippen MR) is 113 cm³/mol. The van der Waals surface area contributed by atoms with Crippen molar-refractivity contribution in [3.8, 4) is 5.75 Å². The maximum Gasteiger partial charge on any atom is 0.260 e. The number of hydrogen-bond donors (Lipinski definition) is 1. The number of nitrogens with one attached hydrogen (secondary N) is 1. The van der Waals surface area contributed by atoms with Gasteiger partial charge in [0.25, 0.3) is 5.91 Å². The Hall–Kier alpha value is -1.96. The first-order valence-corrected chi connectivity index (χ1v) is 11.1. The van der Waals surface area contributed by atoms with Gasteiger partial charge in [0.05, 0.1) is 16.5 Å². The highest BCUT2D eigenvalue weighted by Crippen LogP contribution is 2.28. The van der Waals surface area contributed by atoms with E-state index in [2.05, 4.69) is 4.72 Å². The molecule has 28 heavy (non-hydrogen) atoms. The van der Waals surface area contributed by atoms with Crippen molar-refractivity contribution in [3.63, 3.8) is 0 Å². The zero-order chi connectivity index (χ0) is 20.7. The number of rotatable bonds is 9. The molecule has 1 amide bonds. The van der Waals surface area contributed by atoms with Gasteiger partial charge in [0.1, 0.15) is 5.75 Å². The first-order valence-electron chi connectivity index (χ1n) is 8.69. The van der Waals surface area contributed by atoms with Gasteiger partial charge in [0.15, 0.2) is 6.61 Å². The summed E-state index contributed by atoms with van der Waals surface area (Å²) < 4.78 is 32.6. The van der Waals surface area contributed by atoms with Gasteiger partial charge in [0.2, 0.25) is 10.0 Å². The molecule has 0 radical (unpaired) electrons. The van der Waals surface area contributed by atoms with E-state index < -0.39 is 10.0 Å². The Balaban J connectivity index is 2.02. The second kappa shape index (κ2) is 10.0. The van der Waals surface area contributed by atoms with Crippen LogP contribution in [0.25, 0.3) is 0 Å². The van der Waals surface area contributed by atoms with Crippen LogP contribution in [-0.4, -0.2) is 38.9 Å². The summed E-state index contributed by atoms with van der Waals surface area (Å²) in [5, 5.41) is 0.673. The number of hydrogen-bond acceptors (Lipinski definition) is 4. The van der Waals surface area contributed by atoms with Gasteiger partial charge in [-0.1, -0.05) is 35.3 Å². The van der Waals surface area contributed by atoms with Gasteiger partial charge >= 0.3 is 0 Å². The molecule has 0 aromatic heterocycles. The van der Waals surface area contributed by atoms with Crippen LogP contribution in [-0.2, 0) is 20.6 Å². The minimum absolute atomic E-state index is 0.138. The average molecular weight is 445 g/mol. The summed E-state index contributed by atoms with van der Waals surface area (Å²) in [6.45, 7) is 4.83. The highest BCUT2D eigenvalue weighted by Gasteiger charge is 2.15. The number of benzene rings is 2. The molecule has 0 saturated carbocycles. The first-order chi connectivity index (χ1) is 13.2. The van der Waals surface area contributed by atoms with Crippen LogP contribution in [0, 0.1) is 0 Å². The molecule has 0 atom stereocenters. The van der Waals surface area contributed by atoms with Crippen molar-refractivity contribution >= 4 is 44.8 Å². The molecule has 0 heterocycles. The van der Waals surface area contributed by atoms with Crippen molar-refractivity contribution in [2.24, 2.45) is 0 Å². The van der Waals surface area contributed by atoms with Gasteiger partial charge in [-0.05, 0) is 49.7 Å². The van der Waals surface area contributed by atoms with Gasteiger partial charge in [-0.15, -0.1) is 0 Å². The Bertz CT molecular complexity index is 931. The van der Waals surface area contributed by atoms with Crippen LogP contribution in [0.4, 0.5) is 5.69 Å². The maximum absolute atomic E-state index is 12.4. The Kier molecular flexibility index (Phi) is 7.98. The van der Waals surface area contributed by atoms with E-state index in [0.29, 0.717) is 35.1 Å². The zero-order valence-electron chi connectivity index (χ0n) is 15.6. The Morgan fingerprint density at radius 3 is 2.43 bits per heavy atom. The van der Waals surface area contributed by atoms with Gasteiger partial charge in [0, 0.05) is 18.1 Å². The van der Waals surface area contributed by atoms with E-state index in [1.165, 1.54) is 18.2 Å². The quantitative estimate of drug-likeness (QED) is 0.628. The number of sulfonamides is 1. The molecule has 0 spiro atoms. The summed E-state index contributed by atoms with van der Waals surface area (Å²) in [5.41, 5.74) is 0.871. The lowest BCUT2D eigenvalue weighted by molar-refractivity contribution is -0.132. The molecular formula is C19H22Cl2N2O4S. The predicted octanol–water partition coefficient (Wildman–Crippen LogP) is 4.18. The molecule has 2 aromatic rings. The molecule has 0 aliphatic heterocycles. The lowest BCUT2D eigenvalue weighted by Crippen LogP contribution is -2.34. The third-order valence-electron chi connectivity index (χ3n) is 3.92. The molecule has 0 fully saturated rings. The SMILES string of the molecule is CCN(CC)C(=O)COc1ccc(NS(=O)(=O)Cc2cccc(Cl)c2)cc1Cl. The van der Waals surface area contributed by atoms with E-state index in [0.717, 1.165) is 0 Å². The third kappa shape index (κ3) is 6.58. The van der Waals surface area contributed by atoms with E-state index >= 15 is 0 Å². The number of nitrogens with zero attached hydrogens (tertiary/aromatic N) is 1. The molecule has 6 nitrogen and oxygen atoms in total. The summed E-state index contributed by atoms with van der Waals surface area (Å²) >= 11 is 12.1. The van der Waals surface area contributed by atoms with Crippen LogP contribution in [0.5, 0.6) is 5.75 Å². The summed E-state index contributed by atoms with van der Waals surface area (Å²) in [4.78, 5) is 13.6. The van der Waals surface area contributed by atoms with Crippen molar-refractivity contribution < 1.29 is 17.9 Å². The van der Waals surface area contributed by atoms with E-state index in [4.69, 9.17) is 27.9 Å². The zero-order valence-corrected chi connectivity index (χ0v) is 17.9. The number of carbonyl (C=O) groups excluding carboxylic acids is 1.